The molecule has 4 nitrogen and oxygen atoms in total. The van der Waals surface area contributed by atoms with Crippen LogP contribution in [0, 0.1) is 5.41 Å². The molecule has 4 heteroatoms. The second-order valence-corrected chi connectivity index (χ2v) is 5.44. The highest BCUT2D eigenvalue weighted by Gasteiger charge is 2.45. The molecule has 1 saturated heterocycles. The van der Waals surface area contributed by atoms with Crippen molar-refractivity contribution in [1.82, 2.24) is 4.90 Å². The maximum absolute atomic E-state index is 12.4. The van der Waals surface area contributed by atoms with E-state index >= 15 is 0 Å². The van der Waals surface area contributed by atoms with Gasteiger partial charge in [-0.2, -0.15) is 0 Å². The van der Waals surface area contributed by atoms with Crippen molar-refractivity contribution in [1.29, 1.82) is 0 Å². The first kappa shape index (κ1) is 11.9. The number of hydrogen-bond donors (Lipinski definition) is 2. The number of rotatable bonds is 1. The first-order valence-electron chi connectivity index (χ1n) is 6.27. The van der Waals surface area contributed by atoms with E-state index in [-0.39, 0.29) is 23.5 Å². The van der Waals surface area contributed by atoms with E-state index in [1.54, 1.807) is 0 Å². The number of piperidine rings is 1. The molecule has 0 spiro atoms. The predicted molar refractivity (Wildman–Crippen MR) is 61.8 cm³/mol. The number of hydrogen-bond acceptors (Lipinski definition) is 3. The minimum Gasteiger partial charge on any atom is -0.393 e. The number of carbonyl (C=O) groups excluding carboxylic acids is 1. The second kappa shape index (κ2) is 4.34. The standard InChI is InChI=1S/C12H22N2O2/c1-12(6-2-3-10(12)13)11(16)14-7-4-9(15)5-8-14/h9-10,15H,2-8,13H2,1H3. The molecule has 1 saturated carbocycles. The molecular weight excluding hydrogens is 204 g/mol. The van der Waals surface area contributed by atoms with Crippen LogP contribution < -0.4 is 5.73 Å². The smallest absolute Gasteiger partial charge is 0.230 e. The van der Waals surface area contributed by atoms with Crippen molar-refractivity contribution in [3.63, 3.8) is 0 Å². The summed E-state index contributed by atoms with van der Waals surface area (Å²) in [5, 5.41) is 9.43. The molecule has 2 fully saturated rings. The van der Waals surface area contributed by atoms with Crippen molar-refractivity contribution in [2.24, 2.45) is 11.1 Å². The van der Waals surface area contributed by atoms with Crippen LogP contribution in [0.5, 0.6) is 0 Å². The van der Waals surface area contributed by atoms with Crippen LogP contribution in [0.2, 0.25) is 0 Å². The number of nitrogens with zero attached hydrogens (tertiary/aromatic N) is 1. The Balaban J connectivity index is 2.01. The minimum absolute atomic E-state index is 0.00634. The zero-order valence-corrected chi connectivity index (χ0v) is 9.98. The van der Waals surface area contributed by atoms with Crippen molar-refractivity contribution in [3.8, 4) is 0 Å². The molecule has 1 aliphatic carbocycles. The number of nitrogens with two attached hydrogens (primary N) is 1. The average molecular weight is 226 g/mol. The monoisotopic (exact) mass is 226 g/mol. The van der Waals surface area contributed by atoms with Crippen molar-refractivity contribution in [3.05, 3.63) is 0 Å². The molecule has 92 valence electrons. The lowest BCUT2D eigenvalue weighted by atomic mass is 9.83. The van der Waals surface area contributed by atoms with Gasteiger partial charge >= 0.3 is 0 Å². The van der Waals surface area contributed by atoms with Gasteiger partial charge in [0.25, 0.3) is 0 Å². The minimum atomic E-state index is -0.359. The molecule has 1 heterocycles. The predicted octanol–water partition coefficient (Wildman–Crippen LogP) is 0.487. The van der Waals surface area contributed by atoms with Crippen LogP contribution in [0.25, 0.3) is 0 Å². The Morgan fingerprint density at radius 3 is 2.50 bits per heavy atom. The van der Waals surface area contributed by atoms with Gasteiger partial charge in [-0.3, -0.25) is 4.79 Å². The highest BCUT2D eigenvalue weighted by Crippen LogP contribution is 2.38. The van der Waals surface area contributed by atoms with Gasteiger partial charge in [-0.15, -0.1) is 0 Å². The third-order valence-corrected chi connectivity index (χ3v) is 4.27. The zero-order chi connectivity index (χ0) is 11.8. The summed E-state index contributed by atoms with van der Waals surface area (Å²) in [5.74, 6) is 0.199. The molecule has 0 bridgehead atoms. The fourth-order valence-electron chi connectivity index (χ4n) is 2.89. The summed E-state index contributed by atoms with van der Waals surface area (Å²) in [4.78, 5) is 14.3. The summed E-state index contributed by atoms with van der Waals surface area (Å²) in [6.07, 6.45) is 4.10. The molecule has 0 aromatic rings. The van der Waals surface area contributed by atoms with E-state index in [1.807, 2.05) is 11.8 Å². The Labute approximate surface area is 96.8 Å². The third-order valence-electron chi connectivity index (χ3n) is 4.27. The molecule has 2 atom stereocenters. The normalized spacial score (nSPS) is 36.7. The zero-order valence-electron chi connectivity index (χ0n) is 9.98. The number of aliphatic hydroxyl groups excluding tert-OH is 1. The molecule has 0 aromatic carbocycles. The second-order valence-electron chi connectivity index (χ2n) is 5.44. The Morgan fingerprint density at radius 2 is 2.00 bits per heavy atom. The van der Waals surface area contributed by atoms with E-state index in [0.29, 0.717) is 25.9 Å². The fourth-order valence-corrected chi connectivity index (χ4v) is 2.89. The van der Waals surface area contributed by atoms with E-state index in [1.165, 1.54) is 0 Å². The molecule has 0 aromatic heterocycles. The summed E-state index contributed by atoms with van der Waals surface area (Å²) in [7, 11) is 0. The number of aliphatic hydroxyl groups is 1. The van der Waals surface area contributed by atoms with E-state index < -0.39 is 0 Å². The maximum Gasteiger partial charge on any atom is 0.230 e. The van der Waals surface area contributed by atoms with Crippen LogP contribution >= 0.6 is 0 Å². The summed E-state index contributed by atoms with van der Waals surface area (Å²) in [6, 6.07) is 0.00634. The van der Waals surface area contributed by atoms with E-state index in [9.17, 15) is 9.90 Å². The average Bonchev–Trinajstić information content (AvgIpc) is 2.61. The van der Waals surface area contributed by atoms with E-state index in [0.717, 1.165) is 19.3 Å². The number of amides is 1. The molecule has 1 amide bonds. The van der Waals surface area contributed by atoms with Crippen molar-refractivity contribution < 1.29 is 9.90 Å². The van der Waals surface area contributed by atoms with Gasteiger partial charge in [0.1, 0.15) is 0 Å². The summed E-state index contributed by atoms with van der Waals surface area (Å²) in [6.45, 7) is 3.36. The lowest BCUT2D eigenvalue weighted by Gasteiger charge is -2.37. The molecule has 2 aliphatic rings. The van der Waals surface area contributed by atoms with Crippen molar-refractivity contribution in [2.75, 3.05) is 13.1 Å². The van der Waals surface area contributed by atoms with Crippen molar-refractivity contribution >= 4 is 5.91 Å². The van der Waals surface area contributed by atoms with Gasteiger partial charge in [-0.25, -0.2) is 0 Å². The van der Waals surface area contributed by atoms with Crippen LogP contribution in [0.15, 0.2) is 0 Å². The van der Waals surface area contributed by atoms with E-state index in [2.05, 4.69) is 0 Å². The molecule has 0 radical (unpaired) electrons. The Hall–Kier alpha value is -0.610. The van der Waals surface area contributed by atoms with Gasteiger partial charge in [0, 0.05) is 19.1 Å². The highest BCUT2D eigenvalue weighted by atomic mass is 16.3. The SMILES string of the molecule is CC1(C(=O)N2CCC(O)CC2)CCCC1N. The molecule has 3 N–H and O–H groups in total. The molecule has 2 rings (SSSR count). The maximum atomic E-state index is 12.4. The highest BCUT2D eigenvalue weighted by molar-refractivity contribution is 5.83. The first-order chi connectivity index (χ1) is 7.54. The summed E-state index contributed by atoms with van der Waals surface area (Å²) in [5.41, 5.74) is 5.69. The third kappa shape index (κ3) is 1.96. The van der Waals surface area contributed by atoms with Gasteiger partial charge in [-0.05, 0) is 32.6 Å². The van der Waals surface area contributed by atoms with Gasteiger partial charge in [0.2, 0.25) is 5.91 Å². The van der Waals surface area contributed by atoms with Crippen LogP contribution in [0.3, 0.4) is 0 Å². The molecular formula is C12H22N2O2. The topological polar surface area (TPSA) is 66.6 Å². The quantitative estimate of drug-likeness (QED) is 0.683. The number of carbonyl (C=O) groups is 1. The summed E-state index contributed by atoms with van der Waals surface area (Å²) >= 11 is 0. The lowest BCUT2D eigenvalue weighted by molar-refractivity contribution is -0.143. The van der Waals surface area contributed by atoms with Crippen LogP contribution in [0.1, 0.15) is 39.0 Å². The molecule has 16 heavy (non-hydrogen) atoms. The Morgan fingerprint density at radius 1 is 1.38 bits per heavy atom. The van der Waals surface area contributed by atoms with Crippen LogP contribution in [-0.2, 0) is 4.79 Å². The number of likely N-dealkylation sites (tertiary alicyclic amines) is 1. The van der Waals surface area contributed by atoms with E-state index in [4.69, 9.17) is 5.73 Å². The lowest BCUT2D eigenvalue weighted by Crippen LogP contribution is -2.51. The molecule has 1 aliphatic heterocycles. The van der Waals surface area contributed by atoms with Crippen molar-refractivity contribution in [2.45, 2.75) is 51.2 Å². The Bertz CT molecular complexity index is 274. The van der Waals surface area contributed by atoms with Gasteiger partial charge in [0.15, 0.2) is 0 Å². The fraction of sp³-hybridized carbons (Fsp3) is 0.917. The van der Waals surface area contributed by atoms with Crippen LogP contribution in [-0.4, -0.2) is 41.1 Å². The van der Waals surface area contributed by atoms with Gasteiger partial charge < -0.3 is 15.7 Å². The first-order valence-corrected chi connectivity index (χ1v) is 6.27. The molecule has 2 unspecified atom stereocenters. The Kier molecular flexibility index (Phi) is 3.22. The van der Waals surface area contributed by atoms with Gasteiger partial charge in [0.05, 0.1) is 11.5 Å². The summed E-state index contributed by atoms with van der Waals surface area (Å²) < 4.78 is 0. The largest absolute Gasteiger partial charge is 0.393 e. The van der Waals surface area contributed by atoms with Gasteiger partial charge in [-0.1, -0.05) is 6.42 Å². The van der Waals surface area contributed by atoms with Crippen LogP contribution in [0.4, 0.5) is 0 Å².